The Hall–Kier alpha value is -2.08. The van der Waals surface area contributed by atoms with Crippen LogP contribution in [0.15, 0.2) is 24.3 Å². The second-order valence-electron chi connectivity index (χ2n) is 6.73. The summed E-state index contributed by atoms with van der Waals surface area (Å²) in [6.45, 7) is 3.42. The molecule has 2 atom stereocenters. The van der Waals surface area contributed by atoms with E-state index in [-0.39, 0.29) is 30.1 Å². The van der Waals surface area contributed by atoms with Crippen molar-refractivity contribution in [3.05, 3.63) is 29.3 Å². The van der Waals surface area contributed by atoms with Crippen LogP contribution in [0.5, 0.6) is 0 Å². The molecule has 7 heteroatoms. The number of amides is 2. The summed E-state index contributed by atoms with van der Waals surface area (Å²) in [5.41, 5.74) is 0.637. The molecule has 3 rings (SSSR count). The number of benzene rings is 1. The smallest absolute Gasteiger partial charge is 0.310 e. The SMILES string of the molecule is CCOC(=O)C1CCCN(C(=O)C2CC(=O)N(c3ccccc3Cl)C2)C1. The highest BCUT2D eigenvalue weighted by Crippen LogP contribution is 2.32. The van der Waals surface area contributed by atoms with Crippen LogP contribution >= 0.6 is 11.6 Å². The van der Waals surface area contributed by atoms with Gasteiger partial charge >= 0.3 is 5.97 Å². The summed E-state index contributed by atoms with van der Waals surface area (Å²) in [6, 6.07) is 7.13. The number of ether oxygens (including phenoxy) is 1. The van der Waals surface area contributed by atoms with Gasteiger partial charge in [-0.05, 0) is 31.9 Å². The van der Waals surface area contributed by atoms with Crippen molar-refractivity contribution in [3.8, 4) is 0 Å². The highest BCUT2D eigenvalue weighted by molar-refractivity contribution is 6.33. The third kappa shape index (κ3) is 3.85. The van der Waals surface area contributed by atoms with E-state index in [1.807, 2.05) is 6.07 Å². The summed E-state index contributed by atoms with van der Waals surface area (Å²) in [5, 5.41) is 0.495. The zero-order valence-electron chi connectivity index (χ0n) is 14.8. The first-order valence-corrected chi connectivity index (χ1v) is 9.39. The minimum absolute atomic E-state index is 0.0677. The predicted octanol–water partition coefficient (Wildman–Crippen LogP) is 2.49. The lowest BCUT2D eigenvalue weighted by atomic mass is 9.96. The van der Waals surface area contributed by atoms with Gasteiger partial charge in [0.05, 0.1) is 29.2 Å². The maximum atomic E-state index is 12.9. The van der Waals surface area contributed by atoms with Crippen molar-refractivity contribution in [1.82, 2.24) is 4.90 Å². The largest absolute Gasteiger partial charge is 0.466 e. The lowest BCUT2D eigenvalue weighted by Gasteiger charge is -2.33. The van der Waals surface area contributed by atoms with Crippen molar-refractivity contribution in [2.75, 3.05) is 31.1 Å². The normalized spacial score (nSPS) is 23.2. The summed E-state index contributed by atoms with van der Waals surface area (Å²) < 4.78 is 5.09. The Morgan fingerprint density at radius 1 is 1.23 bits per heavy atom. The number of para-hydroxylation sites is 1. The molecule has 2 amide bonds. The van der Waals surface area contributed by atoms with Gasteiger partial charge in [-0.15, -0.1) is 0 Å². The first kappa shape index (κ1) is 18.7. The van der Waals surface area contributed by atoms with Crippen LogP contribution < -0.4 is 4.90 Å². The van der Waals surface area contributed by atoms with E-state index >= 15 is 0 Å². The van der Waals surface area contributed by atoms with E-state index in [0.717, 1.165) is 12.8 Å². The molecular formula is C19H23ClN2O4. The minimum atomic E-state index is -0.403. The van der Waals surface area contributed by atoms with Crippen LogP contribution in [0.4, 0.5) is 5.69 Å². The fourth-order valence-corrected chi connectivity index (χ4v) is 3.90. The Balaban J connectivity index is 1.66. The third-order valence-electron chi connectivity index (χ3n) is 4.97. The van der Waals surface area contributed by atoms with Gasteiger partial charge in [0.1, 0.15) is 0 Å². The van der Waals surface area contributed by atoms with Gasteiger partial charge in [-0.1, -0.05) is 23.7 Å². The van der Waals surface area contributed by atoms with Gasteiger partial charge in [0.2, 0.25) is 11.8 Å². The second-order valence-corrected chi connectivity index (χ2v) is 7.14. The molecule has 6 nitrogen and oxygen atoms in total. The van der Waals surface area contributed by atoms with Crippen molar-refractivity contribution in [3.63, 3.8) is 0 Å². The third-order valence-corrected chi connectivity index (χ3v) is 5.29. The molecule has 2 fully saturated rings. The van der Waals surface area contributed by atoms with E-state index in [4.69, 9.17) is 16.3 Å². The monoisotopic (exact) mass is 378 g/mol. The van der Waals surface area contributed by atoms with E-state index in [0.29, 0.717) is 37.0 Å². The van der Waals surface area contributed by atoms with E-state index in [9.17, 15) is 14.4 Å². The molecule has 0 bridgehead atoms. The number of hydrogen-bond acceptors (Lipinski definition) is 4. The summed E-state index contributed by atoms with van der Waals surface area (Å²) in [4.78, 5) is 40.6. The predicted molar refractivity (Wildman–Crippen MR) is 97.8 cm³/mol. The molecule has 2 saturated heterocycles. The molecule has 0 saturated carbocycles. The van der Waals surface area contributed by atoms with Gasteiger partial charge < -0.3 is 14.5 Å². The number of piperidine rings is 1. The molecule has 2 aliphatic heterocycles. The fourth-order valence-electron chi connectivity index (χ4n) is 3.66. The van der Waals surface area contributed by atoms with Crippen LogP contribution in [0.25, 0.3) is 0 Å². The van der Waals surface area contributed by atoms with Crippen molar-refractivity contribution in [2.45, 2.75) is 26.2 Å². The number of hydrogen-bond donors (Lipinski definition) is 0. The number of esters is 1. The molecule has 1 aromatic rings. The summed E-state index contributed by atoms with van der Waals surface area (Å²) in [6.07, 6.45) is 1.67. The molecular weight excluding hydrogens is 356 g/mol. The molecule has 0 N–H and O–H groups in total. The van der Waals surface area contributed by atoms with Gasteiger partial charge in [-0.2, -0.15) is 0 Å². The van der Waals surface area contributed by atoms with E-state index in [1.165, 1.54) is 0 Å². The molecule has 26 heavy (non-hydrogen) atoms. The minimum Gasteiger partial charge on any atom is -0.466 e. The molecule has 2 aliphatic rings. The Bertz CT molecular complexity index is 709. The van der Waals surface area contributed by atoms with Crippen molar-refractivity contribution in [2.24, 2.45) is 11.8 Å². The maximum Gasteiger partial charge on any atom is 0.310 e. The quantitative estimate of drug-likeness (QED) is 0.755. The lowest BCUT2D eigenvalue weighted by Crippen LogP contribution is -2.45. The summed E-state index contributed by atoms with van der Waals surface area (Å²) in [5.74, 6) is -1.09. The van der Waals surface area contributed by atoms with Crippen LogP contribution in [-0.4, -0.2) is 48.9 Å². The second kappa shape index (κ2) is 8.08. The number of carbonyl (C=O) groups is 3. The molecule has 0 radical (unpaired) electrons. The Morgan fingerprint density at radius 2 is 2.00 bits per heavy atom. The topological polar surface area (TPSA) is 66.9 Å². The van der Waals surface area contributed by atoms with Gasteiger partial charge in [-0.3, -0.25) is 14.4 Å². The van der Waals surface area contributed by atoms with E-state index in [2.05, 4.69) is 0 Å². The average molecular weight is 379 g/mol. The van der Waals surface area contributed by atoms with Crippen LogP contribution in [0.2, 0.25) is 5.02 Å². The highest BCUT2D eigenvalue weighted by atomic mass is 35.5. The van der Waals surface area contributed by atoms with Gasteiger partial charge in [0, 0.05) is 26.1 Å². The first-order chi connectivity index (χ1) is 12.5. The number of carbonyl (C=O) groups excluding carboxylic acids is 3. The zero-order valence-corrected chi connectivity index (χ0v) is 15.6. The standard InChI is InChI=1S/C19H23ClN2O4/c1-2-26-19(25)13-6-5-9-21(11-13)18(24)14-10-17(23)22(12-14)16-8-4-3-7-15(16)20/h3-4,7-8,13-14H,2,5-6,9-12H2,1H3. The van der Waals surface area contributed by atoms with Gasteiger partial charge in [0.25, 0.3) is 0 Å². The molecule has 1 aromatic carbocycles. The van der Waals surface area contributed by atoms with Crippen LogP contribution in [-0.2, 0) is 19.1 Å². The van der Waals surface area contributed by atoms with Gasteiger partial charge in [0.15, 0.2) is 0 Å². The number of nitrogens with zero attached hydrogens (tertiary/aromatic N) is 2. The number of rotatable bonds is 4. The van der Waals surface area contributed by atoms with Crippen molar-refractivity contribution < 1.29 is 19.1 Å². The van der Waals surface area contributed by atoms with Crippen molar-refractivity contribution in [1.29, 1.82) is 0 Å². The van der Waals surface area contributed by atoms with E-state index in [1.54, 1.807) is 34.9 Å². The Morgan fingerprint density at radius 3 is 2.73 bits per heavy atom. The zero-order chi connectivity index (χ0) is 18.7. The summed E-state index contributed by atoms with van der Waals surface area (Å²) in [7, 11) is 0. The van der Waals surface area contributed by atoms with Gasteiger partial charge in [-0.25, -0.2) is 0 Å². The van der Waals surface area contributed by atoms with Crippen molar-refractivity contribution >= 4 is 35.1 Å². The molecule has 2 heterocycles. The molecule has 2 unspecified atom stereocenters. The van der Waals surface area contributed by atoms with Crippen LogP contribution in [0.1, 0.15) is 26.2 Å². The highest BCUT2D eigenvalue weighted by Gasteiger charge is 2.39. The lowest BCUT2D eigenvalue weighted by molar-refractivity contribution is -0.152. The van der Waals surface area contributed by atoms with E-state index < -0.39 is 5.92 Å². The van der Waals surface area contributed by atoms with Crippen LogP contribution in [0, 0.1) is 11.8 Å². The molecule has 0 aromatic heterocycles. The molecule has 0 aliphatic carbocycles. The Kier molecular flexibility index (Phi) is 5.81. The molecule has 0 spiro atoms. The summed E-state index contributed by atoms with van der Waals surface area (Å²) >= 11 is 6.19. The fraction of sp³-hybridized carbons (Fsp3) is 0.526. The number of anilines is 1. The Labute approximate surface area is 158 Å². The number of likely N-dealkylation sites (tertiary alicyclic amines) is 1. The van der Waals surface area contributed by atoms with Crippen LogP contribution in [0.3, 0.4) is 0 Å². The molecule has 140 valence electrons. The first-order valence-electron chi connectivity index (χ1n) is 9.01. The average Bonchev–Trinajstić information content (AvgIpc) is 3.03. The maximum absolute atomic E-state index is 12.9. The number of halogens is 1.